The summed E-state index contributed by atoms with van der Waals surface area (Å²) in [7, 11) is 0. The number of rotatable bonds is 3. The fourth-order valence-electron chi connectivity index (χ4n) is 3.15. The van der Waals surface area contributed by atoms with E-state index >= 15 is 0 Å². The lowest BCUT2D eigenvalue weighted by atomic mass is 9.91. The molecule has 1 fully saturated rings. The Morgan fingerprint density at radius 1 is 1.43 bits per heavy atom. The Bertz CT molecular complexity index is 682. The SMILES string of the molecule is C=CC1C(CO)OC(n2cnc3c(C)nc(C)nc32)C1C. The third kappa shape index (κ3) is 2.15. The molecule has 0 aliphatic carbocycles. The van der Waals surface area contributed by atoms with Gasteiger partial charge in [-0.25, -0.2) is 15.0 Å². The molecule has 21 heavy (non-hydrogen) atoms. The predicted molar refractivity (Wildman–Crippen MR) is 78.6 cm³/mol. The lowest BCUT2D eigenvalue weighted by molar-refractivity contribution is -0.0324. The van der Waals surface area contributed by atoms with Gasteiger partial charge in [0.2, 0.25) is 0 Å². The second-order valence-electron chi connectivity index (χ2n) is 5.60. The minimum Gasteiger partial charge on any atom is -0.394 e. The number of aliphatic hydroxyl groups excluding tert-OH is 1. The first-order chi connectivity index (χ1) is 10.1. The summed E-state index contributed by atoms with van der Waals surface area (Å²) in [5, 5.41) is 9.48. The van der Waals surface area contributed by atoms with Gasteiger partial charge in [0, 0.05) is 11.8 Å². The summed E-state index contributed by atoms with van der Waals surface area (Å²) in [6.07, 6.45) is 3.16. The van der Waals surface area contributed by atoms with Gasteiger partial charge in [0.05, 0.1) is 24.7 Å². The van der Waals surface area contributed by atoms with E-state index in [9.17, 15) is 5.11 Å². The van der Waals surface area contributed by atoms with Crippen molar-refractivity contribution in [2.75, 3.05) is 6.61 Å². The Morgan fingerprint density at radius 3 is 2.81 bits per heavy atom. The van der Waals surface area contributed by atoms with E-state index in [2.05, 4.69) is 28.5 Å². The molecule has 6 heteroatoms. The maximum Gasteiger partial charge on any atom is 0.165 e. The van der Waals surface area contributed by atoms with Crippen LogP contribution in [0.4, 0.5) is 0 Å². The largest absolute Gasteiger partial charge is 0.394 e. The molecule has 0 spiro atoms. The molecule has 1 aliphatic heterocycles. The third-order valence-electron chi connectivity index (χ3n) is 4.23. The summed E-state index contributed by atoms with van der Waals surface area (Å²) in [4.78, 5) is 13.2. The monoisotopic (exact) mass is 288 g/mol. The Hall–Kier alpha value is -1.79. The maximum atomic E-state index is 9.48. The molecule has 1 saturated heterocycles. The minimum absolute atomic E-state index is 0.0167. The molecule has 0 saturated carbocycles. The minimum atomic E-state index is -0.232. The van der Waals surface area contributed by atoms with Crippen molar-refractivity contribution in [1.82, 2.24) is 19.5 Å². The zero-order valence-electron chi connectivity index (χ0n) is 12.5. The molecule has 112 valence electrons. The third-order valence-corrected chi connectivity index (χ3v) is 4.23. The van der Waals surface area contributed by atoms with Crippen molar-refractivity contribution in [1.29, 1.82) is 0 Å². The molecule has 0 bridgehead atoms. The fraction of sp³-hybridized carbons (Fsp3) is 0.533. The van der Waals surface area contributed by atoms with Crippen LogP contribution in [0.5, 0.6) is 0 Å². The number of fused-ring (bicyclic) bond motifs is 1. The van der Waals surface area contributed by atoms with Crippen molar-refractivity contribution in [3.05, 3.63) is 30.5 Å². The number of ether oxygens (including phenoxy) is 1. The van der Waals surface area contributed by atoms with Gasteiger partial charge in [-0.2, -0.15) is 0 Å². The molecule has 2 aromatic rings. The number of aryl methyl sites for hydroxylation is 2. The van der Waals surface area contributed by atoms with Gasteiger partial charge < -0.3 is 9.84 Å². The van der Waals surface area contributed by atoms with Crippen LogP contribution in [-0.4, -0.2) is 37.3 Å². The highest BCUT2D eigenvalue weighted by Gasteiger charge is 2.41. The van der Waals surface area contributed by atoms with E-state index in [0.717, 1.165) is 16.9 Å². The lowest BCUT2D eigenvalue weighted by Crippen LogP contribution is -2.20. The Labute approximate surface area is 123 Å². The van der Waals surface area contributed by atoms with Crippen molar-refractivity contribution in [3.63, 3.8) is 0 Å². The van der Waals surface area contributed by atoms with Crippen LogP contribution < -0.4 is 0 Å². The molecule has 0 amide bonds. The summed E-state index contributed by atoms with van der Waals surface area (Å²) >= 11 is 0. The summed E-state index contributed by atoms with van der Waals surface area (Å²) < 4.78 is 7.94. The second kappa shape index (κ2) is 5.20. The Balaban J connectivity index is 2.07. The van der Waals surface area contributed by atoms with Crippen LogP contribution >= 0.6 is 0 Å². The topological polar surface area (TPSA) is 73.1 Å². The van der Waals surface area contributed by atoms with Gasteiger partial charge in [-0.1, -0.05) is 13.0 Å². The van der Waals surface area contributed by atoms with E-state index in [4.69, 9.17) is 4.74 Å². The molecule has 4 unspecified atom stereocenters. The number of aliphatic hydroxyl groups is 1. The highest BCUT2D eigenvalue weighted by Crippen LogP contribution is 2.40. The summed E-state index contributed by atoms with van der Waals surface area (Å²) in [5.74, 6) is 1.01. The van der Waals surface area contributed by atoms with E-state index in [1.165, 1.54) is 0 Å². The van der Waals surface area contributed by atoms with Gasteiger partial charge in [0.15, 0.2) is 5.65 Å². The molecule has 6 nitrogen and oxygen atoms in total. The summed E-state index contributed by atoms with van der Waals surface area (Å²) in [5.41, 5.74) is 2.43. The van der Waals surface area contributed by atoms with Gasteiger partial charge in [0.25, 0.3) is 0 Å². The zero-order valence-corrected chi connectivity index (χ0v) is 12.5. The van der Waals surface area contributed by atoms with Crippen LogP contribution in [-0.2, 0) is 4.74 Å². The van der Waals surface area contributed by atoms with E-state index in [-0.39, 0.29) is 30.8 Å². The first-order valence-electron chi connectivity index (χ1n) is 7.13. The van der Waals surface area contributed by atoms with Crippen LogP contribution in [0.1, 0.15) is 24.7 Å². The van der Waals surface area contributed by atoms with E-state index in [1.807, 2.05) is 24.5 Å². The summed E-state index contributed by atoms with van der Waals surface area (Å²) in [6, 6.07) is 0. The highest BCUT2D eigenvalue weighted by molar-refractivity contribution is 5.73. The fourth-order valence-corrected chi connectivity index (χ4v) is 3.15. The zero-order chi connectivity index (χ0) is 15.1. The molecule has 3 heterocycles. The molecule has 1 N–H and O–H groups in total. The van der Waals surface area contributed by atoms with Crippen LogP contribution in [0, 0.1) is 25.7 Å². The maximum absolute atomic E-state index is 9.48. The van der Waals surface area contributed by atoms with Crippen LogP contribution in [0.25, 0.3) is 11.2 Å². The normalized spacial score (nSPS) is 29.1. The van der Waals surface area contributed by atoms with Crippen LogP contribution in [0.2, 0.25) is 0 Å². The van der Waals surface area contributed by atoms with Gasteiger partial charge in [-0.3, -0.25) is 4.57 Å². The van der Waals surface area contributed by atoms with Gasteiger partial charge in [-0.15, -0.1) is 6.58 Å². The van der Waals surface area contributed by atoms with Gasteiger partial charge >= 0.3 is 0 Å². The number of aromatic nitrogens is 4. The van der Waals surface area contributed by atoms with E-state index in [0.29, 0.717) is 5.82 Å². The van der Waals surface area contributed by atoms with Gasteiger partial charge in [0.1, 0.15) is 17.6 Å². The molecule has 3 rings (SSSR count). The van der Waals surface area contributed by atoms with Gasteiger partial charge in [-0.05, 0) is 13.8 Å². The predicted octanol–water partition coefficient (Wildman–Crippen LogP) is 1.77. The number of hydrogen-bond acceptors (Lipinski definition) is 5. The molecule has 0 aromatic carbocycles. The first kappa shape index (κ1) is 14.2. The molecular weight excluding hydrogens is 268 g/mol. The van der Waals surface area contributed by atoms with E-state index < -0.39 is 0 Å². The smallest absolute Gasteiger partial charge is 0.165 e. The lowest BCUT2D eigenvalue weighted by Gasteiger charge is -2.18. The summed E-state index contributed by atoms with van der Waals surface area (Å²) in [6.45, 7) is 9.73. The van der Waals surface area contributed by atoms with Crippen LogP contribution in [0.3, 0.4) is 0 Å². The number of nitrogens with zero attached hydrogens (tertiary/aromatic N) is 4. The van der Waals surface area contributed by atoms with Crippen molar-refractivity contribution >= 4 is 11.2 Å². The van der Waals surface area contributed by atoms with Crippen molar-refractivity contribution in [3.8, 4) is 0 Å². The molecule has 2 aromatic heterocycles. The number of imidazole rings is 1. The highest BCUT2D eigenvalue weighted by atomic mass is 16.5. The molecular formula is C15H20N4O2. The first-order valence-corrected chi connectivity index (χ1v) is 7.13. The van der Waals surface area contributed by atoms with E-state index in [1.54, 1.807) is 6.33 Å². The second-order valence-corrected chi connectivity index (χ2v) is 5.60. The van der Waals surface area contributed by atoms with Crippen molar-refractivity contribution < 1.29 is 9.84 Å². The van der Waals surface area contributed by atoms with Crippen molar-refractivity contribution in [2.45, 2.75) is 33.1 Å². The number of hydrogen-bond donors (Lipinski definition) is 1. The standard InChI is InChI=1S/C15H20N4O2/c1-5-11-8(2)15(21-12(11)6-20)19-7-16-13-9(3)17-10(4)18-14(13)19/h5,7-8,11-12,15,20H,1,6H2,2-4H3. The van der Waals surface area contributed by atoms with Crippen molar-refractivity contribution in [2.24, 2.45) is 11.8 Å². The van der Waals surface area contributed by atoms with Crippen LogP contribution in [0.15, 0.2) is 19.0 Å². The average molecular weight is 288 g/mol. The molecule has 1 aliphatic rings. The molecule has 4 atom stereocenters. The Morgan fingerprint density at radius 2 is 2.19 bits per heavy atom. The Kier molecular flexibility index (Phi) is 3.51. The molecule has 0 radical (unpaired) electrons. The quantitative estimate of drug-likeness (QED) is 0.871. The average Bonchev–Trinajstić information content (AvgIpc) is 2.99.